The molecule has 2 aromatic rings. The molecule has 0 spiro atoms. The van der Waals surface area contributed by atoms with Crippen molar-refractivity contribution in [2.75, 3.05) is 11.9 Å². The van der Waals surface area contributed by atoms with E-state index >= 15 is 0 Å². The number of fused-ring (bicyclic) bond motifs is 1. The molecule has 0 radical (unpaired) electrons. The molecule has 0 amide bonds. The maximum Gasteiger partial charge on any atom is 0.343 e. The highest BCUT2D eigenvalue weighted by Crippen LogP contribution is 2.39. The summed E-state index contributed by atoms with van der Waals surface area (Å²) >= 11 is 0. The topological polar surface area (TPSA) is 56.1 Å². The van der Waals surface area contributed by atoms with Crippen molar-refractivity contribution in [1.82, 2.24) is 9.78 Å². The minimum Gasteiger partial charge on any atom is -0.462 e. The summed E-state index contributed by atoms with van der Waals surface area (Å²) in [6.45, 7) is 1.90. The molecule has 1 aromatic heterocycles. The molecule has 1 N–H and O–H groups in total. The molecule has 5 nitrogen and oxygen atoms in total. The number of rotatable bonds is 4. The molecule has 0 aliphatic carbocycles. The van der Waals surface area contributed by atoms with Crippen LogP contribution in [0.4, 0.5) is 14.6 Å². The zero-order valence-corrected chi connectivity index (χ0v) is 12.6. The summed E-state index contributed by atoms with van der Waals surface area (Å²) in [6.07, 6.45) is -1.10. The maximum absolute atomic E-state index is 13.4. The normalized spacial score (nSPS) is 20.0. The Bertz CT molecular complexity index is 688. The first kappa shape index (κ1) is 15.5. The van der Waals surface area contributed by atoms with E-state index in [1.54, 1.807) is 6.92 Å². The van der Waals surface area contributed by atoms with Gasteiger partial charge in [0.2, 0.25) is 0 Å². The van der Waals surface area contributed by atoms with Gasteiger partial charge in [0.15, 0.2) is 0 Å². The number of nitrogens with zero attached hydrogens (tertiary/aromatic N) is 2. The van der Waals surface area contributed by atoms with E-state index in [-0.39, 0.29) is 30.5 Å². The zero-order chi connectivity index (χ0) is 16.4. The molecule has 7 heteroatoms. The summed E-state index contributed by atoms with van der Waals surface area (Å²) in [5.74, 6) is -0.281. The Morgan fingerprint density at radius 1 is 1.43 bits per heavy atom. The number of benzene rings is 1. The molecule has 0 fully saturated rings. The third-order valence-corrected chi connectivity index (χ3v) is 3.89. The van der Waals surface area contributed by atoms with Crippen LogP contribution in [-0.4, -0.2) is 28.8 Å². The lowest BCUT2D eigenvalue weighted by Gasteiger charge is -2.32. The average Bonchev–Trinajstić information content (AvgIpc) is 2.98. The Labute approximate surface area is 132 Å². The number of hydrogen-bond donors (Lipinski definition) is 1. The standard InChI is InChI=1S/C16H17F2N3O2/c1-2-23-16(22)11-9-19-21-13(14(17)18)8-12(20-15(11)21)10-6-4-3-5-7-10/h3-7,9,12-14,20H,2,8H2,1H3/t12-,13-/m0/s1. The third kappa shape index (κ3) is 2.91. The van der Waals surface area contributed by atoms with E-state index in [9.17, 15) is 13.6 Å². The van der Waals surface area contributed by atoms with Gasteiger partial charge >= 0.3 is 5.97 Å². The fraction of sp³-hybridized carbons (Fsp3) is 0.375. The smallest absolute Gasteiger partial charge is 0.343 e. The second-order valence-electron chi connectivity index (χ2n) is 5.32. The molecular formula is C16H17F2N3O2. The highest BCUT2D eigenvalue weighted by molar-refractivity contribution is 5.94. The van der Waals surface area contributed by atoms with Gasteiger partial charge < -0.3 is 10.1 Å². The van der Waals surface area contributed by atoms with E-state index in [1.165, 1.54) is 10.9 Å². The first-order valence-corrected chi connectivity index (χ1v) is 7.46. The van der Waals surface area contributed by atoms with Gasteiger partial charge in [-0.2, -0.15) is 5.10 Å². The van der Waals surface area contributed by atoms with Gasteiger partial charge in [0, 0.05) is 0 Å². The van der Waals surface area contributed by atoms with E-state index in [0.717, 1.165) is 5.56 Å². The number of hydrogen-bond acceptors (Lipinski definition) is 4. The van der Waals surface area contributed by atoms with Crippen LogP contribution in [0.5, 0.6) is 0 Å². The zero-order valence-electron chi connectivity index (χ0n) is 12.6. The number of alkyl halides is 2. The minimum atomic E-state index is -2.57. The van der Waals surface area contributed by atoms with E-state index in [1.807, 2.05) is 30.3 Å². The molecule has 0 saturated carbocycles. The molecule has 0 bridgehead atoms. The third-order valence-electron chi connectivity index (χ3n) is 3.89. The Morgan fingerprint density at radius 3 is 2.83 bits per heavy atom. The lowest BCUT2D eigenvalue weighted by Crippen LogP contribution is -2.31. The quantitative estimate of drug-likeness (QED) is 0.877. The Balaban J connectivity index is 1.99. The summed E-state index contributed by atoms with van der Waals surface area (Å²) in [5, 5.41) is 7.12. The Morgan fingerprint density at radius 2 is 2.17 bits per heavy atom. The second-order valence-corrected chi connectivity index (χ2v) is 5.32. The monoisotopic (exact) mass is 321 g/mol. The van der Waals surface area contributed by atoms with Crippen LogP contribution in [0, 0.1) is 0 Å². The van der Waals surface area contributed by atoms with Crippen molar-refractivity contribution < 1.29 is 18.3 Å². The molecule has 122 valence electrons. The van der Waals surface area contributed by atoms with Gasteiger partial charge in [0.1, 0.15) is 17.4 Å². The van der Waals surface area contributed by atoms with E-state index in [0.29, 0.717) is 0 Å². The lowest BCUT2D eigenvalue weighted by molar-refractivity contribution is 0.0521. The van der Waals surface area contributed by atoms with Crippen molar-refractivity contribution in [2.45, 2.75) is 31.9 Å². The molecule has 1 aromatic carbocycles. The first-order valence-electron chi connectivity index (χ1n) is 7.46. The van der Waals surface area contributed by atoms with Gasteiger partial charge in [-0.15, -0.1) is 0 Å². The van der Waals surface area contributed by atoms with Gasteiger partial charge in [-0.3, -0.25) is 0 Å². The molecule has 3 rings (SSSR count). The van der Waals surface area contributed by atoms with E-state index < -0.39 is 18.4 Å². The Kier molecular flexibility index (Phi) is 4.27. The van der Waals surface area contributed by atoms with E-state index in [2.05, 4.69) is 10.4 Å². The highest BCUT2D eigenvalue weighted by atomic mass is 19.3. The molecular weight excluding hydrogens is 304 g/mol. The van der Waals surface area contributed by atoms with Gasteiger partial charge in [-0.1, -0.05) is 30.3 Å². The Hall–Kier alpha value is -2.44. The summed E-state index contributed by atoms with van der Waals surface area (Å²) in [4.78, 5) is 12.0. The summed E-state index contributed by atoms with van der Waals surface area (Å²) in [7, 11) is 0. The second kappa shape index (κ2) is 6.36. The van der Waals surface area contributed by atoms with Crippen molar-refractivity contribution in [3.05, 3.63) is 47.7 Å². The number of ether oxygens (including phenoxy) is 1. The van der Waals surface area contributed by atoms with Crippen molar-refractivity contribution >= 4 is 11.8 Å². The summed E-state index contributed by atoms with van der Waals surface area (Å²) < 4.78 is 33.0. The highest BCUT2D eigenvalue weighted by Gasteiger charge is 2.36. The molecule has 2 atom stereocenters. The van der Waals surface area contributed by atoms with Gasteiger partial charge in [0.25, 0.3) is 6.43 Å². The number of aromatic nitrogens is 2. The van der Waals surface area contributed by atoms with E-state index in [4.69, 9.17) is 4.74 Å². The van der Waals surface area contributed by atoms with Crippen LogP contribution < -0.4 is 5.32 Å². The number of esters is 1. The average molecular weight is 321 g/mol. The van der Waals surface area contributed by atoms with Crippen molar-refractivity contribution in [1.29, 1.82) is 0 Å². The van der Waals surface area contributed by atoms with Gasteiger partial charge in [-0.05, 0) is 18.9 Å². The molecule has 2 heterocycles. The molecule has 1 aliphatic heterocycles. The van der Waals surface area contributed by atoms with Crippen LogP contribution in [0.3, 0.4) is 0 Å². The molecule has 23 heavy (non-hydrogen) atoms. The van der Waals surface area contributed by atoms with Crippen molar-refractivity contribution in [3.8, 4) is 0 Å². The van der Waals surface area contributed by atoms with Crippen LogP contribution in [0.1, 0.15) is 41.3 Å². The van der Waals surface area contributed by atoms with Crippen molar-refractivity contribution in [2.24, 2.45) is 0 Å². The largest absolute Gasteiger partial charge is 0.462 e. The molecule has 0 unspecified atom stereocenters. The number of carbonyl (C=O) groups excluding carboxylic acids is 1. The van der Waals surface area contributed by atoms with Gasteiger partial charge in [0.05, 0.1) is 18.8 Å². The summed E-state index contributed by atoms with van der Waals surface area (Å²) in [5.41, 5.74) is 1.07. The number of anilines is 1. The van der Waals surface area contributed by atoms with Gasteiger partial charge in [-0.25, -0.2) is 18.3 Å². The first-order chi connectivity index (χ1) is 11.1. The van der Waals surface area contributed by atoms with Crippen molar-refractivity contribution in [3.63, 3.8) is 0 Å². The minimum absolute atomic E-state index is 0.179. The fourth-order valence-electron chi connectivity index (χ4n) is 2.80. The number of halogens is 2. The van der Waals surface area contributed by atoms with Crippen LogP contribution in [0.2, 0.25) is 0 Å². The SMILES string of the molecule is CCOC(=O)c1cnn2c1N[C@H](c1ccccc1)C[C@H]2C(F)F. The number of nitrogens with one attached hydrogen (secondary N) is 1. The maximum atomic E-state index is 13.4. The predicted molar refractivity (Wildman–Crippen MR) is 80.6 cm³/mol. The molecule has 1 aliphatic rings. The predicted octanol–water partition coefficient (Wildman–Crippen LogP) is 3.42. The van der Waals surface area contributed by atoms with Crippen LogP contribution in [0.15, 0.2) is 36.5 Å². The molecule has 0 saturated heterocycles. The van der Waals surface area contributed by atoms with Crippen LogP contribution in [-0.2, 0) is 4.74 Å². The van der Waals surface area contributed by atoms with Crippen LogP contribution >= 0.6 is 0 Å². The fourth-order valence-corrected chi connectivity index (χ4v) is 2.80. The lowest BCUT2D eigenvalue weighted by atomic mass is 9.97. The summed E-state index contributed by atoms with van der Waals surface area (Å²) in [6, 6.07) is 7.92. The number of carbonyl (C=O) groups is 1. The van der Waals surface area contributed by atoms with Crippen LogP contribution in [0.25, 0.3) is 0 Å².